The lowest BCUT2D eigenvalue weighted by Gasteiger charge is -2.37. The molecule has 1 amide bonds. The van der Waals surface area contributed by atoms with E-state index in [4.69, 9.17) is 4.74 Å². The Labute approximate surface area is 160 Å². The molecule has 0 atom stereocenters. The first-order valence-corrected chi connectivity index (χ1v) is 9.60. The molecule has 0 N–H and O–H groups in total. The fourth-order valence-corrected chi connectivity index (χ4v) is 3.69. The lowest BCUT2D eigenvalue weighted by atomic mass is 10.2. The minimum atomic E-state index is 0.0698. The maximum atomic E-state index is 12.7. The molecule has 2 fully saturated rings. The average Bonchev–Trinajstić information content (AvgIpc) is 2.74. The molecule has 0 spiro atoms. The molecule has 142 valence electrons. The number of anilines is 2. The maximum absolute atomic E-state index is 12.7. The minimum Gasteiger partial charge on any atom is -0.378 e. The van der Waals surface area contributed by atoms with Crippen LogP contribution in [0.4, 0.5) is 11.5 Å². The summed E-state index contributed by atoms with van der Waals surface area (Å²) >= 11 is 0. The van der Waals surface area contributed by atoms with E-state index in [2.05, 4.69) is 46.0 Å². The number of carbonyl (C=O) groups is 1. The quantitative estimate of drug-likeness (QED) is 0.833. The van der Waals surface area contributed by atoms with E-state index in [0.717, 1.165) is 32.0 Å². The topological polar surface area (TPSA) is 48.9 Å². The fraction of sp³-hybridized carbons (Fsp3) is 0.429. The smallest absolute Gasteiger partial charge is 0.254 e. The van der Waals surface area contributed by atoms with Gasteiger partial charge in [0.1, 0.15) is 5.82 Å². The number of aromatic nitrogens is 1. The summed E-state index contributed by atoms with van der Waals surface area (Å²) in [6.45, 7) is 8.37. The number of morpholine rings is 1. The molecule has 0 aliphatic carbocycles. The fourth-order valence-electron chi connectivity index (χ4n) is 3.69. The molecule has 2 aromatic rings. The SMILES string of the molecule is Cc1cccc(N2CCN(c3cc(C(=O)N4CCOCC4)ccn3)CC2)c1. The van der Waals surface area contributed by atoms with E-state index in [-0.39, 0.29) is 5.91 Å². The number of pyridine rings is 1. The van der Waals surface area contributed by atoms with E-state index >= 15 is 0 Å². The number of amides is 1. The second-order valence-corrected chi connectivity index (χ2v) is 7.12. The highest BCUT2D eigenvalue weighted by molar-refractivity contribution is 5.95. The van der Waals surface area contributed by atoms with Crippen LogP contribution >= 0.6 is 0 Å². The van der Waals surface area contributed by atoms with Crippen molar-refractivity contribution in [3.05, 3.63) is 53.7 Å². The molecule has 2 saturated heterocycles. The Hall–Kier alpha value is -2.60. The summed E-state index contributed by atoms with van der Waals surface area (Å²) in [5, 5.41) is 0. The van der Waals surface area contributed by atoms with Crippen LogP contribution in [0, 0.1) is 6.92 Å². The van der Waals surface area contributed by atoms with Crippen LogP contribution in [0.2, 0.25) is 0 Å². The Morgan fingerprint density at radius 3 is 2.44 bits per heavy atom. The highest BCUT2D eigenvalue weighted by Crippen LogP contribution is 2.21. The first-order valence-electron chi connectivity index (χ1n) is 9.60. The summed E-state index contributed by atoms with van der Waals surface area (Å²) in [5.74, 6) is 0.957. The van der Waals surface area contributed by atoms with Gasteiger partial charge in [-0.15, -0.1) is 0 Å². The van der Waals surface area contributed by atoms with Gasteiger partial charge in [0.15, 0.2) is 0 Å². The van der Waals surface area contributed by atoms with Crippen LogP contribution < -0.4 is 9.80 Å². The summed E-state index contributed by atoms with van der Waals surface area (Å²) in [5.41, 5.74) is 3.27. The zero-order valence-electron chi connectivity index (χ0n) is 15.8. The van der Waals surface area contributed by atoms with Crippen molar-refractivity contribution in [3.8, 4) is 0 Å². The first-order chi connectivity index (χ1) is 13.2. The first kappa shape index (κ1) is 17.8. The molecule has 0 saturated carbocycles. The molecule has 3 heterocycles. The van der Waals surface area contributed by atoms with Crippen molar-refractivity contribution < 1.29 is 9.53 Å². The van der Waals surface area contributed by atoms with Gasteiger partial charge in [-0.3, -0.25) is 4.79 Å². The van der Waals surface area contributed by atoms with Crippen LogP contribution in [-0.2, 0) is 4.74 Å². The average molecular weight is 366 g/mol. The normalized spacial score (nSPS) is 17.9. The van der Waals surface area contributed by atoms with Gasteiger partial charge in [-0.2, -0.15) is 0 Å². The summed E-state index contributed by atoms with van der Waals surface area (Å²) in [6.07, 6.45) is 1.75. The highest BCUT2D eigenvalue weighted by atomic mass is 16.5. The molecule has 6 heteroatoms. The zero-order valence-corrected chi connectivity index (χ0v) is 15.8. The Kier molecular flexibility index (Phi) is 5.25. The van der Waals surface area contributed by atoms with Gasteiger partial charge in [0, 0.05) is 56.7 Å². The van der Waals surface area contributed by atoms with E-state index in [1.54, 1.807) is 6.20 Å². The molecule has 0 bridgehead atoms. The molecule has 0 radical (unpaired) electrons. The number of hydrogen-bond donors (Lipinski definition) is 0. The Balaban J connectivity index is 1.42. The predicted molar refractivity (Wildman–Crippen MR) is 107 cm³/mol. The third kappa shape index (κ3) is 4.06. The molecule has 1 aromatic heterocycles. The number of ether oxygens (including phenoxy) is 1. The van der Waals surface area contributed by atoms with Gasteiger partial charge < -0.3 is 19.4 Å². The van der Waals surface area contributed by atoms with Crippen molar-refractivity contribution in [2.45, 2.75) is 6.92 Å². The summed E-state index contributed by atoms with van der Waals surface area (Å²) in [6, 6.07) is 12.4. The second-order valence-electron chi connectivity index (χ2n) is 7.12. The zero-order chi connectivity index (χ0) is 18.6. The third-order valence-corrected chi connectivity index (χ3v) is 5.26. The van der Waals surface area contributed by atoms with E-state index in [9.17, 15) is 4.79 Å². The standard InChI is InChI=1S/C21H26N4O2/c1-17-3-2-4-19(15-17)23-7-9-24(10-8-23)20-16-18(5-6-22-20)21(26)25-11-13-27-14-12-25/h2-6,15-16H,7-14H2,1H3. The molecule has 0 unspecified atom stereocenters. The molecule has 2 aliphatic heterocycles. The highest BCUT2D eigenvalue weighted by Gasteiger charge is 2.22. The lowest BCUT2D eigenvalue weighted by molar-refractivity contribution is 0.0303. The van der Waals surface area contributed by atoms with E-state index in [1.165, 1.54) is 11.3 Å². The van der Waals surface area contributed by atoms with Gasteiger partial charge in [0.05, 0.1) is 13.2 Å². The second kappa shape index (κ2) is 7.96. The van der Waals surface area contributed by atoms with Gasteiger partial charge in [0.2, 0.25) is 0 Å². The number of carbonyl (C=O) groups excluding carboxylic acids is 1. The van der Waals surface area contributed by atoms with Crippen LogP contribution in [0.25, 0.3) is 0 Å². The molecule has 6 nitrogen and oxygen atoms in total. The molecule has 27 heavy (non-hydrogen) atoms. The summed E-state index contributed by atoms with van der Waals surface area (Å²) in [7, 11) is 0. The van der Waals surface area contributed by atoms with Gasteiger partial charge >= 0.3 is 0 Å². The van der Waals surface area contributed by atoms with Crippen molar-refractivity contribution in [2.24, 2.45) is 0 Å². The summed E-state index contributed by atoms with van der Waals surface area (Å²) in [4.78, 5) is 23.8. The van der Waals surface area contributed by atoms with Gasteiger partial charge in [-0.05, 0) is 36.8 Å². The molecule has 1 aromatic carbocycles. The molecular formula is C21H26N4O2. The van der Waals surface area contributed by atoms with Crippen molar-refractivity contribution in [2.75, 3.05) is 62.3 Å². The number of nitrogens with zero attached hydrogens (tertiary/aromatic N) is 4. The largest absolute Gasteiger partial charge is 0.378 e. The van der Waals surface area contributed by atoms with Crippen LogP contribution in [0.5, 0.6) is 0 Å². The van der Waals surface area contributed by atoms with Crippen LogP contribution in [0.3, 0.4) is 0 Å². The molecule has 4 rings (SSSR count). The number of rotatable bonds is 3. The monoisotopic (exact) mass is 366 g/mol. The number of piperazine rings is 1. The Bertz CT molecular complexity index is 796. The van der Waals surface area contributed by atoms with E-state index in [0.29, 0.717) is 31.9 Å². The summed E-state index contributed by atoms with van der Waals surface area (Å²) < 4.78 is 5.34. The van der Waals surface area contributed by atoms with E-state index in [1.807, 2.05) is 17.0 Å². The predicted octanol–water partition coefficient (Wildman–Crippen LogP) is 2.19. The van der Waals surface area contributed by atoms with Crippen molar-refractivity contribution >= 4 is 17.4 Å². The number of aryl methyl sites for hydroxylation is 1. The number of benzene rings is 1. The Morgan fingerprint density at radius 1 is 0.963 bits per heavy atom. The minimum absolute atomic E-state index is 0.0698. The molecule has 2 aliphatic rings. The van der Waals surface area contributed by atoms with E-state index < -0.39 is 0 Å². The number of hydrogen-bond acceptors (Lipinski definition) is 5. The van der Waals surface area contributed by atoms with Gasteiger partial charge in [0.25, 0.3) is 5.91 Å². The van der Waals surface area contributed by atoms with Crippen molar-refractivity contribution in [1.82, 2.24) is 9.88 Å². The van der Waals surface area contributed by atoms with Gasteiger partial charge in [-0.25, -0.2) is 4.98 Å². The van der Waals surface area contributed by atoms with Crippen molar-refractivity contribution in [3.63, 3.8) is 0 Å². The van der Waals surface area contributed by atoms with Crippen molar-refractivity contribution in [1.29, 1.82) is 0 Å². The molecular weight excluding hydrogens is 340 g/mol. The van der Waals surface area contributed by atoms with Gasteiger partial charge in [-0.1, -0.05) is 12.1 Å². The lowest BCUT2D eigenvalue weighted by Crippen LogP contribution is -2.47. The van der Waals surface area contributed by atoms with Crippen LogP contribution in [-0.4, -0.2) is 68.3 Å². The Morgan fingerprint density at radius 2 is 1.70 bits per heavy atom. The maximum Gasteiger partial charge on any atom is 0.254 e. The van der Waals surface area contributed by atoms with Crippen LogP contribution in [0.15, 0.2) is 42.6 Å². The third-order valence-electron chi connectivity index (χ3n) is 5.26. The van der Waals surface area contributed by atoms with Crippen LogP contribution in [0.1, 0.15) is 15.9 Å².